The third kappa shape index (κ3) is 9.35. The largest absolute Gasteiger partial charge is 0.444 e. The molecule has 6 nitrogen and oxygen atoms in total. The minimum Gasteiger partial charge on any atom is -0.444 e. The van der Waals surface area contributed by atoms with E-state index in [9.17, 15) is 9.59 Å². The first-order chi connectivity index (χ1) is 8.65. The van der Waals surface area contributed by atoms with Crippen molar-refractivity contribution >= 4 is 28.8 Å². The molecule has 7 heteroatoms. The molecule has 0 aromatic heterocycles. The molecule has 0 radical (unpaired) electrons. The molecule has 0 saturated heterocycles. The van der Waals surface area contributed by atoms with E-state index in [-0.39, 0.29) is 12.5 Å². The highest BCUT2D eigenvalue weighted by molar-refractivity contribution is 8.13. The summed E-state index contributed by atoms with van der Waals surface area (Å²) in [6.07, 6.45) is -0.631. The van der Waals surface area contributed by atoms with Gasteiger partial charge < -0.3 is 15.4 Å². The van der Waals surface area contributed by atoms with Gasteiger partial charge in [0.1, 0.15) is 11.6 Å². The van der Waals surface area contributed by atoms with E-state index in [0.717, 1.165) is 5.75 Å². The Hall–Kier alpha value is -1.24. The number of thioether (sulfide) groups is 1. The van der Waals surface area contributed by atoms with Crippen LogP contribution in [-0.2, 0) is 9.53 Å². The normalized spacial score (nSPS) is 12.5. The van der Waals surface area contributed by atoms with E-state index >= 15 is 0 Å². The number of alkyl carbamates (subject to hydrolysis) is 1. The fraction of sp³-hybridized carbons (Fsp3) is 0.750. The van der Waals surface area contributed by atoms with Crippen LogP contribution in [0.1, 0.15) is 34.6 Å². The standard InChI is InChI=1S/C12H23N3O3S/c1-6-19-9(13)7-14-10(16)8(2)15-11(17)18-12(3,4)5/h8,13H,6-7H2,1-5H3,(H,14,16)(H,15,17). The summed E-state index contributed by atoms with van der Waals surface area (Å²) in [7, 11) is 0. The molecule has 0 aromatic carbocycles. The molecule has 2 amide bonds. The summed E-state index contributed by atoms with van der Waals surface area (Å²) in [4.78, 5) is 23.1. The van der Waals surface area contributed by atoms with E-state index < -0.39 is 17.7 Å². The molecule has 1 unspecified atom stereocenters. The van der Waals surface area contributed by atoms with E-state index in [1.807, 2.05) is 6.92 Å². The van der Waals surface area contributed by atoms with Gasteiger partial charge >= 0.3 is 6.09 Å². The van der Waals surface area contributed by atoms with E-state index in [4.69, 9.17) is 10.1 Å². The van der Waals surface area contributed by atoms with Crippen LogP contribution >= 0.6 is 11.8 Å². The Morgan fingerprint density at radius 1 is 1.37 bits per heavy atom. The van der Waals surface area contributed by atoms with E-state index in [1.54, 1.807) is 27.7 Å². The molecule has 110 valence electrons. The van der Waals surface area contributed by atoms with Gasteiger partial charge in [0.15, 0.2) is 0 Å². The molecular weight excluding hydrogens is 266 g/mol. The Kier molecular flexibility index (Phi) is 7.51. The first-order valence-corrected chi connectivity index (χ1v) is 7.11. The van der Waals surface area contributed by atoms with Crippen molar-refractivity contribution in [2.75, 3.05) is 12.3 Å². The molecule has 0 saturated carbocycles. The Bertz CT molecular complexity index is 340. The molecule has 1 atom stereocenters. The van der Waals surface area contributed by atoms with Gasteiger partial charge in [0, 0.05) is 0 Å². The zero-order chi connectivity index (χ0) is 15.1. The van der Waals surface area contributed by atoms with Gasteiger partial charge in [-0.05, 0) is 33.4 Å². The second-order valence-electron chi connectivity index (χ2n) is 4.94. The van der Waals surface area contributed by atoms with Crippen LogP contribution in [0.3, 0.4) is 0 Å². The highest BCUT2D eigenvalue weighted by atomic mass is 32.2. The fourth-order valence-electron chi connectivity index (χ4n) is 1.10. The number of carbonyl (C=O) groups is 2. The van der Waals surface area contributed by atoms with Crippen LogP contribution in [0, 0.1) is 5.41 Å². The smallest absolute Gasteiger partial charge is 0.408 e. The van der Waals surface area contributed by atoms with Gasteiger partial charge in [0.05, 0.1) is 11.6 Å². The minimum atomic E-state index is -0.700. The zero-order valence-electron chi connectivity index (χ0n) is 12.1. The number of nitrogens with one attached hydrogen (secondary N) is 3. The molecule has 3 N–H and O–H groups in total. The minimum absolute atomic E-state index is 0.178. The van der Waals surface area contributed by atoms with Crippen LogP contribution in [0.25, 0.3) is 0 Å². The Balaban J connectivity index is 4.07. The van der Waals surface area contributed by atoms with Gasteiger partial charge in [-0.3, -0.25) is 10.2 Å². The van der Waals surface area contributed by atoms with Crippen molar-refractivity contribution in [3.8, 4) is 0 Å². The number of ether oxygens (including phenoxy) is 1. The molecule has 0 aliphatic rings. The molecule has 0 rings (SSSR count). The first kappa shape index (κ1) is 17.8. The summed E-state index contributed by atoms with van der Waals surface area (Å²) in [5.74, 6) is 0.452. The lowest BCUT2D eigenvalue weighted by atomic mass is 10.2. The van der Waals surface area contributed by atoms with Crippen molar-refractivity contribution in [2.24, 2.45) is 0 Å². The van der Waals surface area contributed by atoms with E-state index in [2.05, 4.69) is 10.6 Å². The van der Waals surface area contributed by atoms with E-state index in [1.165, 1.54) is 11.8 Å². The van der Waals surface area contributed by atoms with Crippen molar-refractivity contribution in [1.29, 1.82) is 5.41 Å². The van der Waals surface area contributed by atoms with Gasteiger partial charge in [0.2, 0.25) is 5.91 Å². The summed E-state index contributed by atoms with van der Waals surface area (Å²) < 4.78 is 5.05. The molecule has 0 aliphatic carbocycles. The lowest BCUT2D eigenvalue weighted by Gasteiger charge is -2.21. The number of hydrogen-bond donors (Lipinski definition) is 3. The number of amides is 2. The van der Waals surface area contributed by atoms with Crippen molar-refractivity contribution in [1.82, 2.24) is 10.6 Å². The van der Waals surface area contributed by atoms with Gasteiger partial charge in [-0.25, -0.2) is 4.79 Å². The third-order valence-corrected chi connectivity index (χ3v) is 2.65. The summed E-state index contributed by atoms with van der Waals surface area (Å²) in [6.45, 7) is 8.93. The lowest BCUT2D eigenvalue weighted by molar-refractivity contribution is -0.122. The van der Waals surface area contributed by atoms with Crippen LogP contribution in [0.4, 0.5) is 4.79 Å². The first-order valence-electron chi connectivity index (χ1n) is 6.13. The predicted octanol–water partition coefficient (Wildman–Crippen LogP) is 1.75. The summed E-state index contributed by atoms with van der Waals surface area (Å²) in [6, 6.07) is -0.700. The summed E-state index contributed by atoms with van der Waals surface area (Å²) in [5, 5.41) is 12.9. The highest BCUT2D eigenvalue weighted by Crippen LogP contribution is 2.06. The second-order valence-corrected chi connectivity index (χ2v) is 6.30. The molecule has 0 bridgehead atoms. The second kappa shape index (κ2) is 8.04. The maximum absolute atomic E-state index is 11.7. The van der Waals surface area contributed by atoms with Crippen LogP contribution in [0.15, 0.2) is 0 Å². The summed E-state index contributed by atoms with van der Waals surface area (Å²) >= 11 is 1.36. The SMILES string of the molecule is CCSC(=N)CNC(=O)C(C)NC(=O)OC(C)(C)C. The van der Waals surface area contributed by atoms with Gasteiger partial charge in [0.25, 0.3) is 0 Å². The maximum atomic E-state index is 11.7. The Morgan fingerprint density at radius 3 is 2.42 bits per heavy atom. The quantitative estimate of drug-likeness (QED) is 0.531. The maximum Gasteiger partial charge on any atom is 0.408 e. The van der Waals surface area contributed by atoms with Crippen molar-refractivity contribution < 1.29 is 14.3 Å². The van der Waals surface area contributed by atoms with Crippen molar-refractivity contribution in [3.05, 3.63) is 0 Å². The molecule has 0 fully saturated rings. The number of carbonyl (C=O) groups excluding carboxylic acids is 2. The third-order valence-electron chi connectivity index (χ3n) is 1.87. The highest BCUT2D eigenvalue weighted by Gasteiger charge is 2.20. The zero-order valence-corrected chi connectivity index (χ0v) is 12.9. The Morgan fingerprint density at radius 2 is 1.95 bits per heavy atom. The lowest BCUT2D eigenvalue weighted by Crippen LogP contribution is -2.47. The summed E-state index contributed by atoms with van der Waals surface area (Å²) in [5.41, 5.74) is -0.597. The van der Waals surface area contributed by atoms with Crippen molar-refractivity contribution in [2.45, 2.75) is 46.3 Å². The number of hydrogen-bond acceptors (Lipinski definition) is 5. The van der Waals surface area contributed by atoms with Crippen LogP contribution < -0.4 is 10.6 Å². The van der Waals surface area contributed by atoms with E-state index in [0.29, 0.717) is 5.04 Å². The molecule has 0 heterocycles. The monoisotopic (exact) mass is 289 g/mol. The van der Waals surface area contributed by atoms with Gasteiger partial charge in [-0.15, -0.1) is 11.8 Å². The van der Waals surface area contributed by atoms with Crippen molar-refractivity contribution in [3.63, 3.8) is 0 Å². The van der Waals surface area contributed by atoms with Crippen LogP contribution in [0.5, 0.6) is 0 Å². The molecule has 19 heavy (non-hydrogen) atoms. The van der Waals surface area contributed by atoms with Gasteiger partial charge in [-0.1, -0.05) is 6.92 Å². The average Bonchev–Trinajstić information content (AvgIpc) is 2.23. The molecule has 0 aliphatic heterocycles. The Labute approximate surface area is 118 Å². The fourth-order valence-corrected chi connectivity index (χ4v) is 1.62. The van der Waals surface area contributed by atoms with Crippen LogP contribution in [0.2, 0.25) is 0 Å². The van der Waals surface area contributed by atoms with Gasteiger partial charge in [-0.2, -0.15) is 0 Å². The molecule has 0 aromatic rings. The number of rotatable bonds is 5. The molecule has 0 spiro atoms. The average molecular weight is 289 g/mol. The topological polar surface area (TPSA) is 91.3 Å². The van der Waals surface area contributed by atoms with Crippen LogP contribution in [-0.4, -0.2) is 41.0 Å². The molecular formula is C12H23N3O3S. The predicted molar refractivity (Wildman–Crippen MR) is 77.7 cm³/mol.